The first-order valence-electron chi connectivity index (χ1n) is 10.6. The van der Waals surface area contributed by atoms with Gasteiger partial charge in [0, 0.05) is 0 Å². The second-order valence-corrected chi connectivity index (χ2v) is 9.83. The number of rotatable bonds is 21. The molecular weight excluding hydrogens is 406 g/mol. The smallest absolute Gasteiger partial charge is 0.301 e. The van der Waals surface area contributed by atoms with Crippen LogP contribution in [0.1, 0.15) is 97.8 Å². The van der Waals surface area contributed by atoms with Crippen molar-refractivity contribution in [1.82, 2.24) is 0 Å². The number of hydrogen-bond acceptors (Lipinski definition) is 7. The van der Waals surface area contributed by atoms with Gasteiger partial charge < -0.3 is 4.89 Å². The molecule has 0 radical (unpaired) electrons. The Labute approximate surface area is 170 Å². The van der Waals surface area contributed by atoms with E-state index in [4.69, 9.17) is 13.4 Å². The molecule has 0 bridgehead atoms. The monoisotopic (exact) mass is 446 g/mol. The zero-order chi connectivity index (χ0) is 21.1. The van der Waals surface area contributed by atoms with Crippen molar-refractivity contribution in [2.75, 3.05) is 19.8 Å². The van der Waals surface area contributed by atoms with E-state index >= 15 is 0 Å². The number of hydrogen-bond donors (Lipinski definition) is 1. The maximum absolute atomic E-state index is 12.7. The summed E-state index contributed by atoms with van der Waals surface area (Å²) < 4.78 is 44.0. The van der Waals surface area contributed by atoms with Crippen molar-refractivity contribution in [2.24, 2.45) is 0 Å². The summed E-state index contributed by atoms with van der Waals surface area (Å²) in [6, 6.07) is 0. The fourth-order valence-corrected chi connectivity index (χ4v) is 4.98. The highest BCUT2D eigenvalue weighted by Crippen LogP contribution is 2.63. The van der Waals surface area contributed by atoms with Gasteiger partial charge in [0.15, 0.2) is 0 Å². The molecule has 0 rings (SSSR count). The lowest BCUT2D eigenvalue weighted by molar-refractivity contribution is -0.217. The summed E-state index contributed by atoms with van der Waals surface area (Å²) >= 11 is 0. The van der Waals surface area contributed by atoms with E-state index in [2.05, 4.69) is 23.4 Å². The van der Waals surface area contributed by atoms with Crippen LogP contribution in [0.5, 0.6) is 0 Å². The average molecular weight is 446 g/mol. The minimum absolute atomic E-state index is 0.0371. The highest BCUT2D eigenvalue weighted by molar-refractivity contribution is 7.61. The highest BCUT2D eigenvalue weighted by Gasteiger charge is 2.39. The molecule has 0 heterocycles. The first-order valence-corrected chi connectivity index (χ1v) is 13.6. The van der Waals surface area contributed by atoms with E-state index in [9.17, 15) is 14.0 Å². The van der Waals surface area contributed by atoms with Crippen molar-refractivity contribution in [2.45, 2.75) is 97.8 Å². The lowest BCUT2D eigenvalue weighted by Gasteiger charge is -2.19. The third-order valence-corrected chi connectivity index (χ3v) is 6.88. The van der Waals surface area contributed by atoms with Gasteiger partial charge in [-0.25, -0.2) is 14.0 Å². The van der Waals surface area contributed by atoms with Crippen LogP contribution in [0.15, 0.2) is 0 Å². The maximum Gasteiger partial charge on any atom is 0.508 e. The van der Waals surface area contributed by atoms with Gasteiger partial charge in [0.2, 0.25) is 0 Å². The van der Waals surface area contributed by atoms with Crippen LogP contribution < -0.4 is 0 Å². The van der Waals surface area contributed by atoms with Crippen molar-refractivity contribution < 1.29 is 36.9 Å². The topological polar surface area (TPSA) is 101 Å². The van der Waals surface area contributed by atoms with Crippen LogP contribution in [0.25, 0.3) is 0 Å². The Hall–Kier alpha value is 0.220. The predicted molar refractivity (Wildman–Crippen MR) is 110 cm³/mol. The molecule has 10 heteroatoms. The summed E-state index contributed by atoms with van der Waals surface area (Å²) in [5, 5.41) is 0. The van der Waals surface area contributed by atoms with Gasteiger partial charge >= 0.3 is 15.6 Å². The molecule has 1 atom stereocenters. The molecular formula is C18H40O8P2. The summed E-state index contributed by atoms with van der Waals surface area (Å²) in [5.41, 5.74) is 0. The Morgan fingerprint density at radius 3 is 1.54 bits per heavy atom. The summed E-state index contributed by atoms with van der Waals surface area (Å²) in [5.74, 6) is 0. The molecule has 28 heavy (non-hydrogen) atoms. The van der Waals surface area contributed by atoms with E-state index < -0.39 is 15.6 Å². The number of phosphoric acid groups is 2. The number of phosphoric ester groups is 1. The second-order valence-electron chi connectivity index (χ2n) is 6.68. The van der Waals surface area contributed by atoms with Crippen LogP contribution in [-0.2, 0) is 32.1 Å². The summed E-state index contributed by atoms with van der Waals surface area (Å²) in [7, 11) is -8.93. The van der Waals surface area contributed by atoms with E-state index in [1.54, 1.807) is 6.92 Å². The fraction of sp³-hybridized carbons (Fsp3) is 1.00. The molecule has 0 spiro atoms. The molecule has 0 aromatic rings. The molecule has 0 aromatic heterocycles. The predicted octanol–water partition coefficient (Wildman–Crippen LogP) is 6.93. The molecule has 1 unspecified atom stereocenters. The van der Waals surface area contributed by atoms with Gasteiger partial charge in [-0.15, -0.1) is 4.67 Å². The first kappa shape index (κ1) is 28.2. The Balaban J connectivity index is 4.39. The Kier molecular flexibility index (Phi) is 18.2. The van der Waals surface area contributed by atoms with Crippen molar-refractivity contribution >= 4 is 15.6 Å². The molecule has 0 amide bonds. The minimum atomic E-state index is -4.71. The van der Waals surface area contributed by atoms with Crippen molar-refractivity contribution in [1.29, 1.82) is 0 Å². The van der Waals surface area contributed by atoms with Gasteiger partial charge in [-0.05, 0) is 19.8 Å². The Morgan fingerprint density at radius 1 is 0.679 bits per heavy atom. The lowest BCUT2D eigenvalue weighted by Crippen LogP contribution is -2.04. The largest absolute Gasteiger partial charge is 0.508 e. The molecule has 0 aliphatic carbocycles. The van der Waals surface area contributed by atoms with E-state index in [-0.39, 0.29) is 19.8 Å². The fourth-order valence-electron chi connectivity index (χ4n) is 2.46. The number of unbranched alkanes of at least 4 members (excludes halogenated alkanes) is 10. The standard InChI is InChI=1S/C18H40O8P2/c1-4-7-9-11-13-15-17-23-28(21,26-27(19,20)25-22-6-3)24-18-16-14-12-10-8-5-2/h4-18H2,1-3H3,(H,19,20). The van der Waals surface area contributed by atoms with Gasteiger partial charge in [-0.1, -0.05) is 78.1 Å². The average Bonchev–Trinajstić information content (AvgIpc) is 2.64. The first-order chi connectivity index (χ1) is 13.4. The molecule has 8 nitrogen and oxygen atoms in total. The van der Waals surface area contributed by atoms with Gasteiger partial charge in [-0.2, -0.15) is 4.31 Å². The van der Waals surface area contributed by atoms with Crippen LogP contribution in [0.3, 0.4) is 0 Å². The third-order valence-electron chi connectivity index (χ3n) is 3.96. The van der Waals surface area contributed by atoms with E-state index in [1.807, 2.05) is 0 Å². The van der Waals surface area contributed by atoms with Crippen LogP contribution in [0.4, 0.5) is 0 Å². The van der Waals surface area contributed by atoms with Crippen molar-refractivity contribution in [3.63, 3.8) is 0 Å². The molecule has 0 aliphatic heterocycles. The second kappa shape index (κ2) is 18.0. The SMILES string of the molecule is CCCCCCCCOP(=O)(OCCCCCCCC)OP(=O)(O)OOCC. The molecule has 0 saturated carbocycles. The van der Waals surface area contributed by atoms with E-state index in [0.717, 1.165) is 51.4 Å². The summed E-state index contributed by atoms with van der Waals surface area (Å²) in [4.78, 5) is 14.1. The van der Waals surface area contributed by atoms with E-state index in [1.165, 1.54) is 12.8 Å². The molecule has 0 fully saturated rings. The molecule has 0 aliphatic rings. The molecule has 170 valence electrons. The van der Waals surface area contributed by atoms with Crippen LogP contribution in [0, 0.1) is 0 Å². The summed E-state index contributed by atoms with van der Waals surface area (Å²) in [6.07, 6.45) is 12.3. The summed E-state index contributed by atoms with van der Waals surface area (Å²) in [6.45, 7) is 6.15. The van der Waals surface area contributed by atoms with Crippen LogP contribution in [0.2, 0.25) is 0 Å². The molecule has 0 saturated heterocycles. The lowest BCUT2D eigenvalue weighted by atomic mass is 10.1. The van der Waals surface area contributed by atoms with Crippen molar-refractivity contribution in [3.8, 4) is 0 Å². The zero-order valence-electron chi connectivity index (χ0n) is 17.8. The maximum atomic E-state index is 12.7. The Bertz CT molecular complexity index is 425. The molecule has 1 N–H and O–H groups in total. The minimum Gasteiger partial charge on any atom is -0.301 e. The van der Waals surface area contributed by atoms with E-state index in [0.29, 0.717) is 12.8 Å². The zero-order valence-corrected chi connectivity index (χ0v) is 19.6. The van der Waals surface area contributed by atoms with Gasteiger partial charge in [0.25, 0.3) is 0 Å². The van der Waals surface area contributed by atoms with Gasteiger partial charge in [0.05, 0.1) is 19.8 Å². The quantitative estimate of drug-likeness (QED) is 0.0876. The Morgan fingerprint density at radius 2 is 1.11 bits per heavy atom. The van der Waals surface area contributed by atoms with Gasteiger partial charge in [-0.3, -0.25) is 9.05 Å². The normalized spacial score (nSPS) is 14.3. The van der Waals surface area contributed by atoms with Crippen molar-refractivity contribution in [3.05, 3.63) is 0 Å². The van der Waals surface area contributed by atoms with Crippen LogP contribution >= 0.6 is 15.6 Å². The van der Waals surface area contributed by atoms with Crippen LogP contribution in [-0.4, -0.2) is 24.7 Å². The highest BCUT2D eigenvalue weighted by atomic mass is 31.3. The molecule has 0 aromatic carbocycles. The third kappa shape index (κ3) is 17.1. The van der Waals surface area contributed by atoms with Gasteiger partial charge in [0.1, 0.15) is 0 Å².